The summed E-state index contributed by atoms with van der Waals surface area (Å²) >= 11 is 0. The SMILES string of the molecule is CN1CCOC(C(O)Cc2ncnn2C)C1. The summed E-state index contributed by atoms with van der Waals surface area (Å²) in [6, 6.07) is 0. The Hall–Kier alpha value is -0.980. The zero-order chi connectivity index (χ0) is 11.5. The number of aryl methyl sites for hydroxylation is 1. The van der Waals surface area contributed by atoms with E-state index in [0.29, 0.717) is 13.0 Å². The summed E-state index contributed by atoms with van der Waals surface area (Å²) in [4.78, 5) is 6.25. The minimum Gasteiger partial charge on any atom is -0.390 e. The molecular formula is C10H18N4O2. The van der Waals surface area contributed by atoms with Crippen molar-refractivity contribution < 1.29 is 9.84 Å². The normalized spacial score (nSPS) is 24.6. The third-order valence-corrected chi connectivity index (χ3v) is 2.92. The van der Waals surface area contributed by atoms with Gasteiger partial charge >= 0.3 is 0 Å². The summed E-state index contributed by atoms with van der Waals surface area (Å²) in [5, 5.41) is 14.0. The number of aliphatic hydroxyl groups excluding tert-OH is 1. The van der Waals surface area contributed by atoms with Crippen molar-refractivity contribution in [1.82, 2.24) is 19.7 Å². The van der Waals surface area contributed by atoms with Gasteiger partial charge in [0.25, 0.3) is 0 Å². The third kappa shape index (κ3) is 2.58. The zero-order valence-corrected chi connectivity index (χ0v) is 9.70. The van der Waals surface area contributed by atoms with Crippen LogP contribution in [0, 0.1) is 0 Å². The molecule has 0 radical (unpaired) electrons. The molecule has 1 aromatic rings. The molecule has 1 aliphatic heterocycles. The number of aromatic nitrogens is 3. The molecule has 1 fully saturated rings. The van der Waals surface area contributed by atoms with Crippen molar-refractivity contribution in [3.63, 3.8) is 0 Å². The molecular weight excluding hydrogens is 208 g/mol. The molecule has 0 spiro atoms. The van der Waals surface area contributed by atoms with E-state index < -0.39 is 6.10 Å². The van der Waals surface area contributed by atoms with Crippen LogP contribution in [-0.4, -0.2) is 63.7 Å². The molecule has 0 saturated carbocycles. The summed E-state index contributed by atoms with van der Waals surface area (Å²) in [6.07, 6.45) is 1.33. The predicted octanol–water partition coefficient (Wildman–Crippen LogP) is -0.951. The molecule has 1 N–H and O–H groups in total. The van der Waals surface area contributed by atoms with Crippen molar-refractivity contribution in [1.29, 1.82) is 0 Å². The van der Waals surface area contributed by atoms with Crippen LogP contribution in [0.3, 0.4) is 0 Å². The van der Waals surface area contributed by atoms with Crippen molar-refractivity contribution in [2.75, 3.05) is 26.7 Å². The standard InChI is InChI=1S/C10H18N4O2/c1-13-3-4-16-9(6-13)8(15)5-10-11-7-12-14(10)2/h7-9,15H,3-6H2,1-2H3. The van der Waals surface area contributed by atoms with Gasteiger partial charge in [-0.1, -0.05) is 0 Å². The molecule has 1 aliphatic rings. The van der Waals surface area contributed by atoms with Gasteiger partial charge in [0, 0.05) is 26.6 Å². The molecule has 6 heteroatoms. The fraction of sp³-hybridized carbons (Fsp3) is 0.800. The highest BCUT2D eigenvalue weighted by Crippen LogP contribution is 2.10. The van der Waals surface area contributed by atoms with E-state index in [1.54, 1.807) is 4.68 Å². The Morgan fingerprint density at radius 1 is 1.62 bits per heavy atom. The van der Waals surface area contributed by atoms with Crippen LogP contribution in [0.4, 0.5) is 0 Å². The fourth-order valence-corrected chi connectivity index (χ4v) is 1.87. The largest absolute Gasteiger partial charge is 0.390 e. The quantitative estimate of drug-likeness (QED) is 0.720. The lowest BCUT2D eigenvalue weighted by atomic mass is 10.1. The van der Waals surface area contributed by atoms with Gasteiger partial charge in [0.05, 0.1) is 18.8 Å². The number of nitrogens with zero attached hydrogens (tertiary/aromatic N) is 4. The topological polar surface area (TPSA) is 63.4 Å². The summed E-state index contributed by atoms with van der Waals surface area (Å²) in [5.74, 6) is 0.782. The van der Waals surface area contributed by atoms with Crippen molar-refractivity contribution >= 4 is 0 Å². The Morgan fingerprint density at radius 3 is 3.06 bits per heavy atom. The average molecular weight is 226 g/mol. The Labute approximate surface area is 94.8 Å². The average Bonchev–Trinajstić information content (AvgIpc) is 2.64. The van der Waals surface area contributed by atoms with E-state index in [4.69, 9.17) is 4.74 Å². The van der Waals surface area contributed by atoms with E-state index in [1.807, 2.05) is 14.1 Å². The minimum atomic E-state index is -0.523. The number of rotatable bonds is 3. The number of ether oxygens (including phenoxy) is 1. The van der Waals surface area contributed by atoms with Crippen LogP contribution >= 0.6 is 0 Å². The number of aliphatic hydroxyl groups is 1. The van der Waals surface area contributed by atoms with Crippen LogP contribution in [0.25, 0.3) is 0 Å². The lowest BCUT2D eigenvalue weighted by Crippen LogP contribution is -2.46. The Kier molecular flexibility index (Phi) is 3.52. The second-order valence-electron chi connectivity index (χ2n) is 4.24. The first kappa shape index (κ1) is 11.5. The van der Waals surface area contributed by atoms with E-state index in [9.17, 15) is 5.11 Å². The molecule has 0 bridgehead atoms. The van der Waals surface area contributed by atoms with Crippen LogP contribution < -0.4 is 0 Å². The van der Waals surface area contributed by atoms with Crippen LogP contribution in [0.1, 0.15) is 5.82 Å². The maximum Gasteiger partial charge on any atom is 0.138 e. The summed E-state index contributed by atoms with van der Waals surface area (Å²) in [7, 11) is 3.85. The lowest BCUT2D eigenvalue weighted by Gasteiger charge is -2.32. The lowest BCUT2D eigenvalue weighted by molar-refractivity contribution is -0.0830. The smallest absolute Gasteiger partial charge is 0.138 e. The Bertz CT molecular complexity index is 341. The maximum atomic E-state index is 10.1. The molecule has 90 valence electrons. The van der Waals surface area contributed by atoms with Crippen LogP contribution in [-0.2, 0) is 18.2 Å². The number of morpholine rings is 1. The van der Waals surface area contributed by atoms with Crippen LogP contribution in [0.2, 0.25) is 0 Å². The Balaban J connectivity index is 1.92. The molecule has 0 aromatic carbocycles. The monoisotopic (exact) mass is 226 g/mol. The highest BCUT2D eigenvalue weighted by molar-refractivity contribution is 4.90. The van der Waals surface area contributed by atoms with Crippen LogP contribution in [0.5, 0.6) is 0 Å². The van der Waals surface area contributed by atoms with Gasteiger partial charge < -0.3 is 14.7 Å². The number of hydrogen-bond acceptors (Lipinski definition) is 5. The maximum absolute atomic E-state index is 10.1. The molecule has 2 atom stereocenters. The van der Waals surface area contributed by atoms with Gasteiger partial charge in [-0.15, -0.1) is 0 Å². The fourth-order valence-electron chi connectivity index (χ4n) is 1.87. The number of hydrogen-bond donors (Lipinski definition) is 1. The zero-order valence-electron chi connectivity index (χ0n) is 9.70. The second kappa shape index (κ2) is 4.90. The summed E-state index contributed by atoms with van der Waals surface area (Å²) < 4.78 is 7.23. The summed E-state index contributed by atoms with van der Waals surface area (Å²) in [5.41, 5.74) is 0. The van der Waals surface area contributed by atoms with Crippen molar-refractivity contribution in [2.24, 2.45) is 7.05 Å². The van der Waals surface area contributed by atoms with Gasteiger partial charge in [0.15, 0.2) is 0 Å². The molecule has 2 heterocycles. The van der Waals surface area contributed by atoms with Crippen molar-refractivity contribution in [3.05, 3.63) is 12.2 Å². The molecule has 0 amide bonds. The molecule has 6 nitrogen and oxygen atoms in total. The van der Waals surface area contributed by atoms with E-state index in [0.717, 1.165) is 18.9 Å². The second-order valence-corrected chi connectivity index (χ2v) is 4.24. The first-order valence-corrected chi connectivity index (χ1v) is 5.48. The van der Waals surface area contributed by atoms with E-state index in [2.05, 4.69) is 15.0 Å². The van der Waals surface area contributed by atoms with Gasteiger partial charge in [-0.25, -0.2) is 4.98 Å². The van der Waals surface area contributed by atoms with Gasteiger partial charge in [0.2, 0.25) is 0 Å². The molecule has 1 aromatic heterocycles. The van der Waals surface area contributed by atoms with E-state index >= 15 is 0 Å². The van der Waals surface area contributed by atoms with Crippen molar-refractivity contribution in [3.8, 4) is 0 Å². The van der Waals surface area contributed by atoms with Gasteiger partial charge in [-0.3, -0.25) is 4.68 Å². The summed E-state index contributed by atoms with van der Waals surface area (Å²) in [6.45, 7) is 2.36. The van der Waals surface area contributed by atoms with Gasteiger partial charge in [-0.2, -0.15) is 5.10 Å². The number of likely N-dealkylation sites (N-methyl/N-ethyl adjacent to an activating group) is 1. The van der Waals surface area contributed by atoms with E-state index in [1.165, 1.54) is 6.33 Å². The molecule has 1 saturated heterocycles. The first-order valence-electron chi connectivity index (χ1n) is 5.48. The van der Waals surface area contributed by atoms with Crippen LogP contribution in [0.15, 0.2) is 6.33 Å². The van der Waals surface area contributed by atoms with Crippen molar-refractivity contribution in [2.45, 2.75) is 18.6 Å². The first-order chi connectivity index (χ1) is 7.66. The molecule has 0 aliphatic carbocycles. The Morgan fingerprint density at radius 2 is 2.44 bits per heavy atom. The minimum absolute atomic E-state index is 0.129. The predicted molar refractivity (Wildman–Crippen MR) is 58.0 cm³/mol. The molecule has 16 heavy (non-hydrogen) atoms. The van der Waals surface area contributed by atoms with Gasteiger partial charge in [-0.05, 0) is 7.05 Å². The molecule has 2 rings (SSSR count). The van der Waals surface area contributed by atoms with E-state index in [-0.39, 0.29) is 6.10 Å². The highest BCUT2D eigenvalue weighted by Gasteiger charge is 2.26. The molecule has 2 unspecified atom stereocenters. The highest BCUT2D eigenvalue weighted by atomic mass is 16.5. The van der Waals surface area contributed by atoms with Gasteiger partial charge in [0.1, 0.15) is 12.2 Å². The third-order valence-electron chi connectivity index (χ3n) is 2.92.